The van der Waals surface area contributed by atoms with Crippen molar-refractivity contribution in [2.75, 3.05) is 32.2 Å². The van der Waals surface area contributed by atoms with Crippen LogP contribution in [0.3, 0.4) is 0 Å². The van der Waals surface area contributed by atoms with Gasteiger partial charge in [0.25, 0.3) is 0 Å². The number of allylic oxidation sites excluding steroid dienone is 1. The summed E-state index contributed by atoms with van der Waals surface area (Å²) in [6.45, 7) is 3.02. The minimum atomic E-state index is -0.169. The molecule has 1 aromatic heterocycles. The summed E-state index contributed by atoms with van der Waals surface area (Å²) in [6.07, 6.45) is 7.41. The number of fused-ring (bicyclic) bond motifs is 1. The lowest BCUT2D eigenvalue weighted by Crippen LogP contribution is -2.31. The van der Waals surface area contributed by atoms with E-state index in [4.69, 9.17) is 20.9 Å². The molecular formula is C27H31N5O3. The van der Waals surface area contributed by atoms with Gasteiger partial charge < -0.3 is 25.8 Å². The van der Waals surface area contributed by atoms with Gasteiger partial charge in [0, 0.05) is 37.0 Å². The average molecular weight is 474 g/mol. The first-order valence-corrected chi connectivity index (χ1v) is 11.6. The standard InChI is InChI=1S/C27H31N5O3/c1-4-22-20-8-6-5-7-18(20)9-11-32(22)12-10-23(33)21-14-17(15-24(34-2)25(21)35-3)13-19-16-30-27(29)31-26(19)28/h5-8,10,12,14-16,22H,4,9,11,13H2,1-3H3,(H4,28,29,30,31)/b12-10+. The Labute approximate surface area is 205 Å². The zero-order valence-electron chi connectivity index (χ0n) is 20.3. The van der Waals surface area contributed by atoms with Crippen LogP contribution in [0.4, 0.5) is 11.8 Å². The number of hydrogen-bond acceptors (Lipinski definition) is 8. The number of anilines is 2. The molecule has 0 fully saturated rings. The van der Waals surface area contributed by atoms with E-state index in [0.717, 1.165) is 24.9 Å². The Bertz CT molecular complexity index is 1260. The monoisotopic (exact) mass is 473 g/mol. The molecule has 4 rings (SSSR count). The van der Waals surface area contributed by atoms with Gasteiger partial charge in [-0.3, -0.25) is 4.79 Å². The minimum Gasteiger partial charge on any atom is -0.493 e. The molecule has 0 saturated carbocycles. The van der Waals surface area contributed by atoms with Crippen molar-refractivity contribution in [3.05, 3.63) is 82.7 Å². The van der Waals surface area contributed by atoms with Gasteiger partial charge in [0.2, 0.25) is 5.95 Å². The van der Waals surface area contributed by atoms with Gasteiger partial charge in [-0.25, -0.2) is 4.98 Å². The molecule has 0 aliphatic carbocycles. The highest BCUT2D eigenvalue weighted by Crippen LogP contribution is 2.35. The average Bonchev–Trinajstić information content (AvgIpc) is 2.87. The number of nitrogens with zero attached hydrogens (tertiary/aromatic N) is 3. The molecular weight excluding hydrogens is 442 g/mol. The van der Waals surface area contributed by atoms with Gasteiger partial charge in [-0.1, -0.05) is 31.2 Å². The summed E-state index contributed by atoms with van der Waals surface area (Å²) < 4.78 is 11.1. The van der Waals surface area contributed by atoms with Crippen molar-refractivity contribution in [3.8, 4) is 11.5 Å². The first-order chi connectivity index (χ1) is 16.9. The fourth-order valence-corrected chi connectivity index (χ4v) is 4.65. The lowest BCUT2D eigenvalue weighted by molar-refractivity contribution is 0.104. The van der Waals surface area contributed by atoms with E-state index in [1.807, 2.05) is 12.3 Å². The number of ketones is 1. The lowest BCUT2D eigenvalue weighted by Gasteiger charge is -2.36. The van der Waals surface area contributed by atoms with Crippen molar-refractivity contribution in [2.24, 2.45) is 0 Å². The zero-order chi connectivity index (χ0) is 24.9. The van der Waals surface area contributed by atoms with Crippen molar-refractivity contribution in [1.82, 2.24) is 14.9 Å². The third kappa shape index (κ3) is 5.06. The molecule has 0 radical (unpaired) electrons. The summed E-state index contributed by atoms with van der Waals surface area (Å²) in [7, 11) is 3.07. The highest BCUT2D eigenvalue weighted by molar-refractivity contribution is 6.07. The summed E-state index contributed by atoms with van der Waals surface area (Å²) in [5.74, 6) is 1.11. The van der Waals surface area contributed by atoms with Crippen LogP contribution >= 0.6 is 0 Å². The number of benzene rings is 2. The fourth-order valence-electron chi connectivity index (χ4n) is 4.65. The second kappa shape index (κ2) is 10.5. The summed E-state index contributed by atoms with van der Waals surface area (Å²) in [5.41, 5.74) is 16.3. The van der Waals surface area contributed by atoms with E-state index in [2.05, 4.69) is 46.1 Å². The maximum atomic E-state index is 13.4. The van der Waals surface area contributed by atoms with Gasteiger partial charge >= 0.3 is 0 Å². The van der Waals surface area contributed by atoms with Crippen LogP contribution in [0.15, 0.2) is 54.9 Å². The van der Waals surface area contributed by atoms with Gasteiger partial charge in [-0.05, 0) is 41.7 Å². The molecule has 8 nitrogen and oxygen atoms in total. The Kier molecular flexibility index (Phi) is 7.19. The normalized spacial score (nSPS) is 15.2. The lowest BCUT2D eigenvalue weighted by atomic mass is 9.91. The van der Waals surface area contributed by atoms with Crippen LogP contribution in [0.1, 0.15) is 52.0 Å². The molecule has 0 amide bonds. The Morgan fingerprint density at radius 3 is 2.71 bits per heavy atom. The van der Waals surface area contributed by atoms with Gasteiger partial charge in [-0.15, -0.1) is 0 Å². The molecule has 182 valence electrons. The Morgan fingerprint density at radius 2 is 2.00 bits per heavy atom. The second-order valence-corrected chi connectivity index (χ2v) is 8.49. The molecule has 0 saturated heterocycles. The zero-order valence-corrected chi connectivity index (χ0v) is 20.3. The molecule has 1 aliphatic rings. The molecule has 8 heteroatoms. The number of hydrogen-bond donors (Lipinski definition) is 2. The van der Waals surface area contributed by atoms with Crippen molar-refractivity contribution >= 4 is 17.5 Å². The smallest absolute Gasteiger partial charge is 0.221 e. The van der Waals surface area contributed by atoms with E-state index < -0.39 is 0 Å². The summed E-state index contributed by atoms with van der Waals surface area (Å²) in [6, 6.07) is 12.4. The molecule has 2 heterocycles. The van der Waals surface area contributed by atoms with Crippen LogP contribution in [-0.2, 0) is 12.8 Å². The second-order valence-electron chi connectivity index (χ2n) is 8.49. The third-order valence-electron chi connectivity index (χ3n) is 6.37. The molecule has 1 atom stereocenters. The largest absolute Gasteiger partial charge is 0.493 e. The quantitative estimate of drug-likeness (QED) is 0.373. The van der Waals surface area contributed by atoms with E-state index in [1.165, 1.54) is 18.2 Å². The summed E-state index contributed by atoms with van der Waals surface area (Å²) in [5, 5.41) is 0. The summed E-state index contributed by atoms with van der Waals surface area (Å²) in [4.78, 5) is 23.7. The molecule has 35 heavy (non-hydrogen) atoms. The van der Waals surface area contributed by atoms with E-state index in [9.17, 15) is 4.79 Å². The minimum absolute atomic E-state index is 0.116. The van der Waals surface area contributed by atoms with Gasteiger partial charge in [-0.2, -0.15) is 4.98 Å². The van der Waals surface area contributed by atoms with Gasteiger partial charge in [0.1, 0.15) is 5.82 Å². The molecule has 0 spiro atoms. The van der Waals surface area contributed by atoms with Crippen LogP contribution in [0.5, 0.6) is 11.5 Å². The number of nitrogen functional groups attached to an aromatic ring is 2. The highest BCUT2D eigenvalue weighted by atomic mass is 16.5. The number of aromatic nitrogens is 2. The molecule has 4 N–H and O–H groups in total. The number of ether oxygens (including phenoxy) is 2. The van der Waals surface area contributed by atoms with Crippen molar-refractivity contribution in [1.29, 1.82) is 0 Å². The number of methoxy groups -OCH3 is 2. The van der Waals surface area contributed by atoms with E-state index >= 15 is 0 Å². The number of carbonyl (C=O) groups is 1. The van der Waals surface area contributed by atoms with Crippen LogP contribution in [0, 0.1) is 0 Å². The SMILES string of the molecule is CCC1c2ccccc2CCN1/C=C/C(=O)c1cc(Cc2cnc(N)nc2N)cc(OC)c1OC. The summed E-state index contributed by atoms with van der Waals surface area (Å²) >= 11 is 0. The Hall–Kier alpha value is -4.07. The molecule has 3 aromatic rings. The number of rotatable bonds is 8. The maximum Gasteiger partial charge on any atom is 0.221 e. The van der Waals surface area contributed by atoms with Gasteiger partial charge in [0.15, 0.2) is 17.3 Å². The Morgan fingerprint density at radius 1 is 1.20 bits per heavy atom. The fraction of sp³-hybridized carbons (Fsp3) is 0.296. The first-order valence-electron chi connectivity index (χ1n) is 11.6. The number of carbonyl (C=O) groups excluding carboxylic acids is 1. The van der Waals surface area contributed by atoms with Gasteiger partial charge in [0.05, 0.1) is 25.8 Å². The molecule has 1 unspecified atom stereocenters. The van der Waals surface area contributed by atoms with Crippen LogP contribution < -0.4 is 20.9 Å². The predicted molar refractivity (Wildman–Crippen MR) is 137 cm³/mol. The highest BCUT2D eigenvalue weighted by Gasteiger charge is 2.24. The van der Waals surface area contributed by atoms with E-state index in [-0.39, 0.29) is 17.8 Å². The first kappa shape index (κ1) is 24.1. The van der Waals surface area contributed by atoms with Crippen LogP contribution in [0.2, 0.25) is 0 Å². The Balaban J connectivity index is 1.63. The maximum absolute atomic E-state index is 13.4. The van der Waals surface area contributed by atoms with E-state index in [0.29, 0.717) is 34.9 Å². The number of nitrogens with two attached hydrogens (primary N) is 2. The predicted octanol–water partition coefficient (Wildman–Crippen LogP) is 3.95. The van der Waals surface area contributed by atoms with Crippen molar-refractivity contribution in [2.45, 2.75) is 32.2 Å². The van der Waals surface area contributed by atoms with Crippen LogP contribution in [-0.4, -0.2) is 41.4 Å². The molecule has 2 aromatic carbocycles. The van der Waals surface area contributed by atoms with Crippen molar-refractivity contribution < 1.29 is 14.3 Å². The van der Waals surface area contributed by atoms with E-state index in [1.54, 1.807) is 25.4 Å². The topological polar surface area (TPSA) is 117 Å². The third-order valence-corrected chi connectivity index (χ3v) is 6.37. The van der Waals surface area contributed by atoms with Crippen LogP contribution in [0.25, 0.3) is 0 Å². The van der Waals surface area contributed by atoms with Crippen molar-refractivity contribution in [3.63, 3.8) is 0 Å². The molecule has 1 aliphatic heterocycles. The molecule has 0 bridgehead atoms.